The number of carbonyl (C=O) groups is 3. The van der Waals surface area contributed by atoms with Crippen LogP contribution >= 0.6 is 27.7 Å². The molecule has 2 amide bonds. The molecule has 2 aromatic rings. The van der Waals surface area contributed by atoms with Crippen molar-refractivity contribution in [2.24, 2.45) is 0 Å². The van der Waals surface area contributed by atoms with Gasteiger partial charge in [-0.25, -0.2) is 4.79 Å². The highest BCUT2D eigenvalue weighted by atomic mass is 79.9. The normalized spacial score (nSPS) is 15.0. The number of amides is 2. The van der Waals surface area contributed by atoms with Gasteiger partial charge in [0.15, 0.2) is 0 Å². The van der Waals surface area contributed by atoms with Crippen LogP contribution in [0.3, 0.4) is 0 Å². The molecule has 31 heavy (non-hydrogen) atoms. The number of thioether (sulfide) groups is 1. The second-order valence-corrected chi connectivity index (χ2v) is 8.56. The smallest absolute Gasteiger partial charge is 0.335 e. The van der Waals surface area contributed by atoms with Crippen molar-refractivity contribution in [3.05, 3.63) is 68.5 Å². The minimum Gasteiger partial charge on any atom is -0.488 e. The van der Waals surface area contributed by atoms with Gasteiger partial charge in [0.2, 0.25) is 0 Å². The Morgan fingerprint density at radius 1 is 1.19 bits per heavy atom. The summed E-state index contributed by atoms with van der Waals surface area (Å²) in [6, 6.07) is 11.8. The average Bonchev–Trinajstić information content (AvgIpc) is 3.01. The van der Waals surface area contributed by atoms with Crippen molar-refractivity contribution in [1.29, 1.82) is 0 Å². The Labute approximate surface area is 192 Å². The third-order valence-corrected chi connectivity index (χ3v) is 5.86. The largest absolute Gasteiger partial charge is 0.488 e. The van der Waals surface area contributed by atoms with Crippen LogP contribution in [-0.2, 0) is 16.1 Å². The summed E-state index contributed by atoms with van der Waals surface area (Å²) in [5, 5.41) is 8.69. The van der Waals surface area contributed by atoms with Crippen molar-refractivity contribution < 1.29 is 29.0 Å². The van der Waals surface area contributed by atoms with Crippen LogP contribution in [0.4, 0.5) is 4.79 Å². The van der Waals surface area contributed by atoms with Crippen LogP contribution in [0.15, 0.2) is 51.8 Å². The summed E-state index contributed by atoms with van der Waals surface area (Å²) in [4.78, 5) is 37.4. The predicted molar refractivity (Wildman–Crippen MR) is 121 cm³/mol. The van der Waals surface area contributed by atoms with Gasteiger partial charge in [-0.3, -0.25) is 14.5 Å². The molecule has 7 nitrogen and oxygen atoms in total. The number of methoxy groups -OCH3 is 1. The summed E-state index contributed by atoms with van der Waals surface area (Å²) in [6.07, 6.45) is 2.22. The number of aromatic carboxylic acids is 1. The van der Waals surface area contributed by atoms with Crippen LogP contribution in [-0.4, -0.2) is 47.4 Å². The molecule has 1 aliphatic heterocycles. The lowest BCUT2D eigenvalue weighted by Crippen LogP contribution is -2.29. The Bertz CT molecular complexity index is 1020. The van der Waals surface area contributed by atoms with Crippen LogP contribution in [0, 0.1) is 0 Å². The molecule has 1 saturated heterocycles. The number of hydrogen-bond donors (Lipinski definition) is 1. The fourth-order valence-electron chi connectivity index (χ4n) is 2.87. The lowest BCUT2D eigenvalue weighted by atomic mass is 10.1. The van der Waals surface area contributed by atoms with E-state index < -0.39 is 5.97 Å². The summed E-state index contributed by atoms with van der Waals surface area (Å²) in [5.41, 5.74) is 1.66. The Balaban J connectivity index is 1.76. The molecule has 1 heterocycles. The van der Waals surface area contributed by atoms with Gasteiger partial charge in [-0.2, -0.15) is 0 Å². The summed E-state index contributed by atoms with van der Waals surface area (Å²) < 4.78 is 11.7. The molecule has 1 N–H and O–H groups in total. The van der Waals surface area contributed by atoms with Gasteiger partial charge < -0.3 is 14.6 Å². The number of benzene rings is 2. The van der Waals surface area contributed by atoms with Gasteiger partial charge in [0.05, 0.1) is 10.5 Å². The number of rotatable bonds is 9. The van der Waals surface area contributed by atoms with E-state index in [0.717, 1.165) is 21.8 Å². The molecular formula is C22H20BrNO6S. The van der Waals surface area contributed by atoms with E-state index >= 15 is 0 Å². The number of ether oxygens (including phenoxy) is 2. The number of halogens is 1. The van der Waals surface area contributed by atoms with E-state index in [0.29, 0.717) is 35.8 Å². The molecule has 9 heteroatoms. The Hall–Kier alpha value is -2.62. The Morgan fingerprint density at radius 3 is 2.61 bits per heavy atom. The van der Waals surface area contributed by atoms with Gasteiger partial charge in [0.25, 0.3) is 11.1 Å². The molecule has 0 radical (unpaired) electrons. The van der Waals surface area contributed by atoms with Crippen molar-refractivity contribution in [3.63, 3.8) is 0 Å². The highest BCUT2D eigenvalue weighted by Gasteiger charge is 2.34. The summed E-state index contributed by atoms with van der Waals surface area (Å²) in [6.45, 7) is 1.00. The van der Waals surface area contributed by atoms with Gasteiger partial charge in [-0.05, 0) is 60.2 Å². The second-order valence-electron chi connectivity index (χ2n) is 6.65. The molecule has 3 rings (SSSR count). The fourth-order valence-corrected chi connectivity index (χ4v) is 4.10. The molecule has 2 aromatic carbocycles. The highest BCUT2D eigenvalue weighted by Crippen LogP contribution is 2.35. The molecular weight excluding hydrogens is 486 g/mol. The first kappa shape index (κ1) is 23.1. The predicted octanol–water partition coefficient (Wildman–Crippen LogP) is 4.80. The first-order valence-corrected chi connectivity index (χ1v) is 11.0. The maximum Gasteiger partial charge on any atom is 0.335 e. The standard InChI is InChI=1S/C22H20BrNO6S/c1-29-10-2-9-24-20(25)19(31-22(24)28)12-16-11-17(23)7-8-18(16)30-13-14-3-5-15(6-4-14)21(26)27/h3-8,11-12H,2,9-10,13H2,1H3,(H,26,27)/b19-12+. The summed E-state index contributed by atoms with van der Waals surface area (Å²) >= 11 is 4.32. The number of carbonyl (C=O) groups excluding carboxylic acids is 2. The van der Waals surface area contributed by atoms with E-state index in [2.05, 4.69) is 15.9 Å². The lowest BCUT2D eigenvalue weighted by Gasteiger charge is -2.12. The van der Waals surface area contributed by atoms with Gasteiger partial charge >= 0.3 is 5.97 Å². The van der Waals surface area contributed by atoms with Crippen molar-refractivity contribution in [3.8, 4) is 5.75 Å². The van der Waals surface area contributed by atoms with Gasteiger partial charge in [-0.1, -0.05) is 28.1 Å². The summed E-state index contributed by atoms with van der Waals surface area (Å²) in [7, 11) is 1.57. The molecule has 0 spiro atoms. The number of carboxylic acids is 1. The number of carboxylic acid groups (broad SMARTS) is 1. The van der Waals surface area contributed by atoms with Crippen molar-refractivity contribution in [2.45, 2.75) is 13.0 Å². The minimum absolute atomic E-state index is 0.203. The zero-order valence-electron chi connectivity index (χ0n) is 16.7. The van der Waals surface area contributed by atoms with Gasteiger partial charge in [-0.15, -0.1) is 0 Å². The molecule has 0 aromatic heterocycles. The molecule has 1 fully saturated rings. The van der Waals surface area contributed by atoms with E-state index in [1.165, 1.54) is 17.0 Å². The third kappa shape index (κ3) is 5.96. The zero-order valence-corrected chi connectivity index (χ0v) is 19.1. The molecule has 0 atom stereocenters. The minimum atomic E-state index is -0.987. The topological polar surface area (TPSA) is 93.1 Å². The van der Waals surface area contributed by atoms with E-state index in [1.54, 1.807) is 31.4 Å². The maximum atomic E-state index is 12.7. The van der Waals surface area contributed by atoms with Crippen LogP contribution < -0.4 is 4.74 Å². The van der Waals surface area contributed by atoms with E-state index in [1.807, 2.05) is 12.1 Å². The van der Waals surface area contributed by atoms with Crippen molar-refractivity contribution in [2.75, 3.05) is 20.3 Å². The maximum absolute atomic E-state index is 12.7. The van der Waals surface area contributed by atoms with Gasteiger partial charge in [0.1, 0.15) is 12.4 Å². The van der Waals surface area contributed by atoms with Crippen LogP contribution in [0.1, 0.15) is 27.9 Å². The molecule has 0 saturated carbocycles. The quantitative estimate of drug-likeness (QED) is 0.386. The van der Waals surface area contributed by atoms with Crippen LogP contribution in [0.25, 0.3) is 6.08 Å². The summed E-state index contributed by atoms with van der Waals surface area (Å²) in [5.74, 6) is -0.781. The van der Waals surface area contributed by atoms with E-state index in [9.17, 15) is 14.4 Å². The van der Waals surface area contributed by atoms with Crippen molar-refractivity contribution in [1.82, 2.24) is 4.90 Å². The number of nitrogens with zero attached hydrogens (tertiary/aromatic N) is 1. The highest BCUT2D eigenvalue weighted by molar-refractivity contribution is 9.10. The van der Waals surface area contributed by atoms with Crippen LogP contribution in [0.5, 0.6) is 5.75 Å². The monoisotopic (exact) mass is 505 g/mol. The Kier molecular flexibility index (Phi) is 7.89. The van der Waals surface area contributed by atoms with Crippen LogP contribution in [0.2, 0.25) is 0 Å². The second kappa shape index (κ2) is 10.6. The third-order valence-electron chi connectivity index (χ3n) is 4.46. The van der Waals surface area contributed by atoms with Gasteiger partial charge in [0, 0.05) is 30.3 Å². The molecule has 0 unspecified atom stereocenters. The SMILES string of the molecule is COCCCN1C(=O)S/C(=C/c2cc(Br)ccc2OCc2ccc(C(=O)O)cc2)C1=O. The zero-order chi connectivity index (χ0) is 22.4. The molecule has 0 bridgehead atoms. The average molecular weight is 506 g/mol. The lowest BCUT2D eigenvalue weighted by molar-refractivity contribution is -0.122. The van der Waals surface area contributed by atoms with E-state index in [-0.39, 0.29) is 23.3 Å². The fraction of sp³-hybridized carbons (Fsp3) is 0.227. The first-order chi connectivity index (χ1) is 14.9. The Morgan fingerprint density at radius 2 is 1.94 bits per heavy atom. The first-order valence-electron chi connectivity index (χ1n) is 9.38. The number of imide groups is 1. The molecule has 162 valence electrons. The molecule has 1 aliphatic rings. The molecule has 0 aliphatic carbocycles. The number of hydrogen-bond acceptors (Lipinski definition) is 6. The van der Waals surface area contributed by atoms with E-state index in [4.69, 9.17) is 14.6 Å². The van der Waals surface area contributed by atoms with Crippen molar-refractivity contribution >= 4 is 50.9 Å².